The molecule has 5 N–H and O–H groups in total. The third-order valence-corrected chi connectivity index (χ3v) is 8.90. The molecule has 8 atom stereocenters. The molecule has 1 heterocycles. The normalized spacial score (nSPS) is 47.8. The predicted molar refractivity (Wildman–Crippen MR) is 98.8 cm³/mol. The van der Waals surface area contributed by atoms with Gasteiger partial charge in [-0.3, -0.25) is 5.32 Å². The topological polar surface area (TPSA) is 109 Å². The molecule has 0 aromatic rings. The predicted octanol–water partition coefficient (Wildman–Crippen LogP) is -0.971. The number of carbonyl (C=O) groups excluding carboxylic acids is 1. The zero-order chi connectivity index (χ0) is 19.1. The molecule has 26 heavy (non-hydrogen) atoms. The number of fused-ring (bicyclic) bond motifs is 2. The maximum atomic E-state index is 11.6. The number of carboxylic acids is 1. The fourth-order valence-corrected chi connectivity index (χ4v) is 7.53. The van der Waals surface area contributed by atoms with Gasteiger partial charge in [0.25, 0.3) is 0 Å². The third-order valence-electron chi connectivity index (χ3n) is 7.43. The molecular formula is C19H32N2O4S. The molecule has 1 aliphatic heterocycles. The van der Waals surface area contributed by atoms with Gasteiger partial charge in [-0.05, 0) is 37.0 Å². The van der Waals surface area contributed by atoms with E-state index in [1.54, 1.807) is 0 Å². The molecule has 2 saturated carbocycles. The van der Waals surface area contributed by atoms with Crippen LogP contribution in [0.1, 0.15) is 39.5 Å². The molecule has 6 nitrogen and oxygen atoms in total. The maximum Gasteiger partial charge on any atom is 0.189 e. The molecule has 0 aromatic heterocycles. The van der Waals surface area contributed by atoms with Gasteiger partial charge in [-0.1, -0.05) is 31.7 Å². The first-order valence-corrected chi connectivity index (χ1v) is 10.5. The molecule has 7 heteroatoms. The minimum Gasteiger partial charge on any atom is -0.550 e. The second kappa shape index (κ2) is 7.43. The van der Waals surface area contributed by atoms with Crippen molar-refractivity contribution in [3.63, 3.8) is 0 Å². The van der Waals surface area contributed by atoms with E-state index < -0.39 is 17.5 Å². The van der Waals surface area contributed by atoms with Crippen molar-refractivity contribution in [2.45, 2.75) is 62.4 Å². The smallest absolute Gasteiger partial charge is 0.189 e. The maximum absolute atomic E-state index is 11.6. The molecule has 148 valence electrons. The van der Waals surface area contributed by atoms with E-state index >= 15 is 0 Å². The van der Waals surface area contributed by atoms with E-state index in [9.17, 15) is 20.1 Å². The van der Waals surface area contributed by atoms with Crippen LogP contribution in [0.25, 0.3) is 0 Å². The molecule has 2 aliphatic carbocycles. The van der Waals surface area contributed by atoms with Crippen molar-refractivity contribution in [1.29, 1.82) is 0 Å². The summed E-state index contributed by atoms with van der Waals surface area (Å²) in [6, 6.07) is 0.208. The summed E-state index contributed by atoms with van der Waals surface area (Å²) in [6.45, 7) is 8.53. The molecule has 8 unspecified atom stereocenters. The van der Waals surface area contributed by atoms with Crippen molar-refractivity contribution in [2.75, 3.05) is 13.2 Å². The van der Waals surface area contributed by atoms with E-state index in [4.69, 9.17) is 0 Å². The Morgan fingerprint density at radius 3 is 2.85 bits per heavy atom. The summed E-state index contributed by atoms with van der Waals surface area (Å²) >= 11 is 1.84. The Labute approximate surface area is 159 Å². The molecular weight excluding hydrogens is 352 g/mol. The zero-order valence-electron chi connectivity index (χ0n) is 15.7. The van der Waals surface area contributed by atoms with Gasteiger partial charge >= 0.3 is 0 Å². The highest BCUT2D eigenvalue weighted by Crippen LogP contribution is 2.62. The molecule has 3 fully saturated rings. The van der Waals surface area contributed by atoms with Gasteiger partial charge in [0.15, 0.2) is 5.50 Å². The number of hydrogen-bond acceptors (Lipinski definition) is 6. The van der Waals surface area contributed by atoms with Crippen LogP contribution in [-0.4, -0.2) is 52.2 Å². The lowest BCUT2D eigenvalue weighted by molar-refractivity contribution is -0.708. The fourth-order valence-electron chi connectivity index (χ4n) is 5.93. The number of aliphatic carboxylic acids is 1. The highest BCUT2D eigenvalue weighted by molar-refractivity contribution is 8.00. The summed E-state index contributed by atoms with van der Waals surface area (Å²) in [5.74, 6) is -0.945. The van der Waals surface area contributed by atoms with Crippen LogP contribution in [0.4, 0.5) is 0 Å². The number of rotatable bonds is 6. The van der Waals surface area contributed by atoms with Crippen molar-refractivity contribution in [2.24, 2.45) is 22.7 Å². The first kappa shape index (κ1) is 20.1. The lowest BCUT2D eigenvalue weighted by Crippen LogP contribution is -2.97. The average molecular weight is 385 g/mol. The largest absolute Gasteiger partial charge is 0.550 e. The molecule has 0 bridgehead atoms. The van der Waals surface area contributed by atoms with Crippen molar-refractivity contribution in [3.8, 4) is 0 Å². The Morgan fingerprint density at radius 2 is 2.23 bits per heavy atom. The number of carboxylic acid groups (broad SMARTS) is 1. The number of carbonyl (C=O) groups is 1. The Bertz CT molecular complexity index is 562. The summed E-state index contributed by atoms with van der Waals surface area (Å²) in [7, 11) is 0. The highest BCUT2D eigenvalue weighted by atomic mass is 32.2. The van der Waals surface area contributed by atoms with Crippen LogP contribution in [0.2, 0.25) is 0 Å². The minimum atomic E-state index is -1.01. The van der Waals surface area contributed by atoms with E-state index in [2.05, 4.69) is 24.1 Å². The zero-order valence-corrected chi connectivity index (χ0v) is 16.5. The average Bonchev–Trinajstić information content (AvgIpc) is 3.01. The number of aliphatic hydroxyl groups is 2. The number of nitrogens with two attached hydrogens (primary N) is 1. The molecule has 0 amide bonds. The lowest BCUT2D eigenvalue weighted by Gasteiger charge is -2.60. The van der Waals surface area contributed by atoms with Crippen LogP contribution >= 0.6 is 11.8 Å². The summed E-state index contributed by atoms with van der Waals surface area (Å²) in [5, 5.41) is 38.3. The number of quaternary nitrogens is 1. The van der Waals surface area contributed by atoms with E-state index in [0.29, 0.717) is 18.2 Å². The Kier molecular flexibility index (Phi) is 5.76. The van der Waals surface area contributed by atoms with Crippen LogP contribution < -0.4 is 15.7 Å². The van der Waals surface area contributed by atoms with Crippen LogP contribution in [0.15, 0.2) is 12.7 Å². The number of nitrogens with one attached hydrogen (secondary N) is 1. The summed E-state index contributed by atoms with van der Waals surface area (Å²) in [4.78, 5) is 11.6. The second-order valence-corrected chi connectivity index (χ2v) is 10.1. The Balaban J connectivity index is 1.93. The van der Waals surface area contributed by atoms with Crippen LogP contribution in [-0.2, 0) is 4.79 Å². The Hall–Kier alpha value is -0.600. The first-order valence-electron chi connectivity index (χ1n) is 9.59. The molecule has 3 aliphatic rings. The highest BCUT2D eigenvalue weighted by Gasteiger charge is 2.64. The van der Waals surface area contributed by atoms with Gasteiger partial charge in [0, 0.05) is 23.8 Å². The number of aliphatic hydroxyl groups excluding tert-OH is 2. The van der Waals surface area contributed by atoms with Crippen molar-refractivity contribution >= 4 is 17.7 Å². The summed E-state index contributed by atoms with van der Waals surface area (Å²) in [5.41, 5.74) is -0.626. The van der Waals surface area contributed by atoms with Gasteiger partial charge in [-0.2, -0.15) is 0 Å². The minimum absolute atomic E-state index is 0.0299. The van der Waals surface area contributed by atoms with Gasteiger partial charge < -0.3 is 25.4 Å². The van der Waals surface area contributed by atoms with Gasteiger partial charge in [0.2, 0.25) is 0 Å². The SMILES string of the molecule is C=CCNC1[NH2+]C2C(CC3C(C)(CO)C(O)CCC3(C)C2CC(=O)[O-])S1. The van der Waals surface area contributed by atoms with Crippen molar-refractivity contribution < 1.29 is 25.4 Å². The van der Waals surface area contributed by atoms with Gasteiger partial charge in [0.1, 0.15) is 6.04 Å². The van der Waals surface area contributed by atoms with E-state index in [1.807, 2.05) is 24.8 Å². The van der Waals surface area contributed by atoms with E-state index in [-0.39, 0.29) is 41.8 Å². The van der Waals surface area contributed by atoms with Gasteiger partial charge in [-0.15, -0.1) is 6.58 Å². The second-order valence-electron chi connectivity index (χ2n) is 8.76. The quantitative estimate of drug-likeness (QED) is 0.439. The standard InChI is InChI=1S/C19H32N2O4S/c1-4-7-20-17-21-16-11(8-15(24)25)18(2)6-5-14(23)19(3,10-22)13(18)9-12(16)26-17/h4,11-14,16-17,20-23H,1,5-10H2,2-3H3,(H,24,25). The van der Waals surface area contributed by atoms with Crippen LogP contribution in [0, 0.1) is 22.7 Å². The van der Waals surface area contributed by atoms with Crippen molar-refractivity contribution in [3.05, 3.63) is 12.7 Å². The van der Waals surface area contributed by atoms with Crippen molar-refractivity contribution in [1.82, 2.24) is 5.32 Å². The molecule has 3 rings (SSSR count). The summed E-state index contributed by atoms with van der Waals surface area (Å²) in [6.07, 6.45) is 3.61. The first-order chi connectivity index (χ1) is 12.3. The fraction of sp³-hybridized carbons (Fsp3) is 0.842. The van der Waals surface area contributed by atoms with Crippen LogP contribution in [0.3, 0.4) is 0 Å². The number of thioether (sulfide) groups is 1. The Morgan fingerprint density at radius 1 is 1.50 bits per heavy atom. The van der Waals surface area contributed by atoms with Gasteiger partial charge in [-0.25, -0.2) is 0 Å². The third kappa shape index (κ3) is 3.22. The molecule has 0 aromatic carbocycles. The number of hydrogen-bond donors (Lipinski definition) is 4. The molecule has 1 saturated heterocycles. The lowest BCUT2D eigenvalue weighted by atomic mass is 9.46. The van der Waals surface area contributed by atoms with E-state index in [0.717, 1.165) is 12.8 Å². The van der Waals surface area contributed by atoms with Gasteiger partial charge in [0.05, 0.1) is 18.0 Å². The summed E-state index contributed by atoms with van der Waals surface area (Å²) < 4.78 is 0. The van der Waals surface area contributed by atoms with E-state index in [1.165, 1.54) is 0 Å². The molecule has 0 spiro atoms. The monoisotopic (exact) mass is 384 g/mol. The molecule has 0 radical (unpaired) electrons. The van der Waals surface area contributed by atoms with Crippen LogP contribution in [0.5, 0.6) is 0 Å².